The Morgan fingerprint density at radius 2 is 2.16 bits per heavy atom. The van der Waals surface area contributed by atoms with Gasteiger partial charge in [0.05, 0.1) is 4.47 Å². The molecular formula is C15H23BrN2S. The Morgan fingerprint density at radius 3 is 2.79 bits per heavy atom. The van der Waals surface area contributed by atoms with Crippen LogP contribution in [-0.2, 0) is 0 Å². The molecular weight excluding hydrogens is 320 g/mol. The van der Waals surface area contributed by atoms with Crippen LogP contribution in [0.1, 0.15) is 76.2 Å². The van der Waals surface area contributed by atoms with Gasteiger partial charge in [-0.2, -0.15) is 0 Å². The molecule has 1 aromatic rings. The quantitative estimate of drug-likeness (QED) is 0.712. The highest BCUT2D eigenvalue weighted by Gasteiger charge is 2.24. The molecule has 19 heavy (non-hydrogen) atoms. The minimum atomic E-state index is 0.434. The van der Waals surface area contributed by atoms with Gasteiger partial charge < -0.3 is 4.98 Å². The predicted molar refractivity (Wildman–Crippen MR) is 86.2 cm³/mol. The van der Waals surface area contributed by atoms with Gasteiger partial charge in [-0.15, -0.1) is 0 Å². The van der Waals surface area contributed by atoms with Crippen molar-refractivity contribution in [2.75, 3.05) is 0 Å². The second-order valence-corrected chi connectivity index (χ2v) is 7.13. The maximum absolute atomic E-state index is 5.40. The number of H-pyrrole nitrogens is 1. The summed E-state index contributed by atoms with van der Waals surface area (Å²) < 4.78 is 1.67. The maximum Gasteiger partial charge on any atom is 0.144 e. The van der Waals surface area contributed by atoms with Gasteiger partial charge in [0.25, 0.3) is 0 Å². The fraction of sp³-hybridized carbons (Fsp3) is 0.733. The van der Waals surface area contributed by atoms with Crippen molar-refractivity contribution in [3.63, 3.8) is 0 Å². The van der Waals surface area contributed by atoms with Gasteiger partial charge in [-0.1, -0.05) is 52.3 Å². The molecule has 1 heterocycles. The molecule has 1 saturated carbocycles. The number of hydrogen-bond donors (Lipinski definition) is 1. The van der Waals surface area contributed by atoms with Gasteiger partial charge in [-0.05, 0) is 40.6 Å². The van der Waals surface area contributed by atoms with Crippen LogP contribution >= 0.6 is 28.1 Å². The first-order chi connectivity index (χ1) is 9.02. The Bertz CT molecular complexity index is 495. The lowest BCUT2D eigenvalue weighted by Gasteiger charge is -2.28. The zero-order valence-electron chi connectivity index (χ0n) is 12.0. The fourth-order valence-electron chi connectivity index (χ4n) is 3.00. The summed E-state index contributed by atoms with van der Waals surface area (Å²) >= 11 is 8.96. The standard InChI is InChI=1S/C15H23BrN2S/c1-4-10-6-5-7-11(8-10)14-17-13(9(2)3)12(16)15(19)18-14/h9-11H,4-8H2,1-3H3,(H,17,18,19). The van der Waals surface area contributed by atoms with Crippen molar-refractivity contribution in [3.05, 3.63) is 20.6 Å². The molecule has 2 rings (SSSR count). The van der Waals surface area contributed by atoms with Gasteiger partial charge in [0.2, 0.25) is 0 Å². The van der Waals surface area contributed by atoms with Crippen molar-refractivity contribution in [3.8, 4) is 0 Å². The third-order valence-corrected chi connectivity index (χ3v) is 5.59. The number of halogens is 1. The summed E-state index contributed by atoms with van der Waals surface area (Å²) in [6, 6.07) is 0. The first kappa shape index (κ1) is 15.2. The van der Waals surface area contributed by atoms with E-state index < -0.39 is 0 Å². The molecule has 4 heteroatoms. The van der Waals surface area contributed by atoms with E-state index >= 15 is 0 Å². The third kappa shape index (κ3) is 3.46. The van der Waals surface area contributed by atoms with Crippen molar-refractivity contribution in [1.29, 1.82) is 0 Å². The molecule has 1 N–H and O–H groups in total. The fourth-order valence-corrected chi connectivity index (χ4v) is 3.85. The van der Waals surface area contributed by atoms with E-state index in [2.05, 4.69) is 46.7 Å². The molecule has 1 fully saturated rings. The molecule has 0 amide bonds. The number of rotatable bonds is 3. The van der Waals surface area contributed by atoms with Crippen molar-refractivity contribution >= 4 is 28.1 Å². The van der Waals surface area contributed by atoms with Gasteiger partial charge >= 0.3 is 0 Å². The van der Waals surface area contributed by atoms with E-state index in [1.165, 1.54) is 37.8 Å². The second-order valence-electron chi connectivity index (χ2n) is 5.95. The van der Waals surface area contributed by atoms with Crippen LogP contribution in [0.5, 0.6) is 0 Å². The third-order valence-electron chi connectivity index (χ3n) is 4.23. The summed E-state index contributed by atoms with van der Waals surface area (Å²) in [5.41, 5.74) is 1.19. The van der Waals surface area contributed by atoms with E-state index in [1.807, 2.05) is 0 Å². The molecule has 0 saturated heterocycles. The number of nitrogens with zero attached hydrogens (tertiary/aromatic N) is 1. The molecule has 0 radical (unpaired) electrons. The van der Waals surface area contributed by atoms with E-state index in [0.29, 0.717) is 16.5 Å². The average molecular weight is 343 g/mol. The molecule has 0 aromatic carbocycles. The first-order valence-corrected chi connectivity index (χ1v) is 8.52. The minimum Gasteiger partial charge on any atom is -0.346 e. The molecule has 0 bridgehead atoms. The predicted octanol–water partition coefficient (Wildman–Crippen LogP) is 5.71. The summed E-state index contributed by atoms with van der Waals surface area (Å²) in [5.74, 6) is 2.96. The highest BCUT2D eigenvalue weighted by atomic mass is 79.9. The average Bonchev–Trinajstić information content (AvgIpc) is 2.41. The van der Waals surface area contributed by atoms with Crippen molar-refractivity contribution in [2.24, 2.45) is 5.92 Å². The summed E-state index contributed by atoms with van der Waals surface area (Å²) in [5, 5.41) is 0. The van der Waals surface area contributed by atoms with Crippen LogP contribution in [0, 0.1) is 10.6 Å². The number of hydrogen-bond acceptors (Lipinski definition) is 2. The van der Waals surface area contributed by atoms with Gasteiger partial charge in [0, 0.05) is 11.6 Å². The zero-order valence-corrected chi connectivity index (χ0v) is 14.4. The minimum absolute atomic E-state index is 0.434. The molecule has 0 aliphatic heterocycles. The molecule has 2 unspecified atom stereocenters. The van der Waals surface area contributed by atoms with Crippen LogP contribution in [0.3, 0.4) is 0 Å². The lowest BCUT2D eigenvalue weighted by atomic mass is 9.80. The zero-order chi connectivity index (χ0) is 14.0. The SMILES string of the molecule is CCC1CCCC(c2nc(=S)c(Br)c(C(C)C)[nH]2)C1. The second kappa shape index (κ2) is 6.49. The molecule has 1 aliphatic rings. The van der Waals surface area contributed by atoms with Crippen LogP contribution in [0.4, 0.5) is 0 Å². The van der Waals surface area contributed by atoms with E-state index in [-0.39, 0.29) is 0 Å². The van der Waals surface area contributed by atoms with Crippen LogP contribution in [-0.4, -0.2) is 9.97 Å². The van der Waals surface area contributed by atoms with Crippen molar-refractivity contribution in [2.45, 2.75) is 64.7 Å². The summed E-state index contributed by atoms with van der Waals surface area (Å²) in [6.07, 6.45) is 6.48. The van der Waals surface area contributed by atoms with E-state index in [1.54, 1.807) is 0 Å². The lowest BCUT2D eigenvalue weighted by molar-refractivity contribution is 0.306. The molecule has 1 aromatic heterocycles. The summed E-state index contributed by atoms with van der Waals surface area (Å²) in [7, 11) is 0. The Balaban J connectivity index is 2.32. The smallest absolute Gasteiger partial charge is 0.144 e. The van der Waals surface area contributed by atoms with Crippen LogP contribution < -0.4 is 0 Å². The normalized spacial score (nSPS) is 23.8. The molecule has 0 spiro atoms. The largest absolute Gasteiger partial charge is 0.346 e. The van der Waals surface area contributed by atoms with E-state index in [4.69, 9.17) is 12.2 Å². The van der Waals surface area contributed by atoms with Crippen LogP contribution in [0.15, 0.2) is 4.47 Å². The van der Waals surface area contributed by atoms with Crippen LogP contribution in [0.25, 0.3) is 0 Å². The van der Waals surface area contributed by atoms with Gasteiger partial charge in [0.1, 0.15) is 10.5 Å². The summed E-state index contributed by atoms with van der Waals surface area (Å²) in [6.45, 7) is 6.67. The van der Waals surface area contributed by atoms with Crippen LogP contribution in [0.2, 0.25) is 0 Å². The van der Waals surface area contributed by atoms with Crippen molar-refractivity contribution in [1.82, 2.24) is 9.97 Å². The Kier molecular flexibility index (Phi) is 5.18. The Labute approximate surface area is 129 Å². The van der Waals surface area contributed by atoms with E-state index in [0.717, 1.165) is 16.2 Å². The highest BCUT2D eigenvalue weighted by Crippen LogP contribution is 2.37. The van der Waals surface area contributed by atoms with Gasteiger partial charge in [-0.25, -0.2) is 4.98 Å². The van der Waals surface area contributed by atoms with Gasteiger partial charge in [0.15, 0.2) is 0 Å². The number of aromatic nitrogens is 2. The molecule has 2 nitrogen and oxygen atoms in total. The maximum atomic E-state index is 5.40. The topological polar surface area (TPSA) is 28.7 Å². The molecule has 2 atom stereocenters. The molecule has 106 valence electrons. The lowest BCUT2D eigenvalue weighted by Crippen LogP contribution is -2.17. The Morgan fingerprint density at radius 1 is 1.42 bits per heavy atom. The monoisotopic (exact) mass is 342 g/mol. The highest BCUT2D eigenvalue weighted by molar-refractivity contribution is 9.10. The summed E-state index contributed by atoms with van der Waals surface area (Å²) in [4.78, 5) is 8.16. The first-order valence-electron chi connectivity index (χ1n) is 7.32. The Hall–Kier alpha value is -0.220. The number of nitrogens with one attached hydrogen (secondary N) is 1. The molecule has 1 aliphatic carbocycles. The van der Waals surface area contributed by atoms with Crippen molar-refractivity contribution < 1.29 is 0 Å². The van der Waals surface area contributed by atoms with E-state index in [9.17, 15) is 0 Å². The number of aromatic amines is 1. The van der Waals surface area contributed by atoms with Gasteiger partial charge in [-0.3, -0.25) is 0 Å².